The molecule has 3 heteroatoms. The van der Waals surface area contributed by atoms with Crippen LogP contribution in [0.2, 0.25) is 0 Å². The van der Waals surface area contributed by atoms with Crippen molar-refractivity contribution in [1.82, 2.24) is 5.32 Å². The summed E-state index contributed by atoms with van der Waals surface area (Å²) in [5, 5.41) is 2.97. The number of rotatable bonds is 9. The SMILES string of the molecule is CCCCCNC(=O)CCCC[n+]1ccccc1. The number of aromatic nitrogens is 1. The van der Waals surface area contributed by atoms with Gasteiger partial charge in [0, 0.05) is 31.5 Å². The van der Waals surface area contributed by atoms with Crippen LogP contribution in [0.15, 0.2) is 30.6 Å². The third-order valence-corrected chi connectivity index (χ3v) is 2.95. The number of hydrogen-bond acceptors (Lipinski definition) is 1. The average Bonchev–Trinajstić information content (AvgIpc) is 2.41. The van der Waals surface area contributed by atoms with Crippen LogP contribution in [0.5, 0.6) is 0 Å². The lowest BCUT2D eigenvalue weighted by Crippen LogP contribution is -2.32. The Hall–Kier alpha value is -1.38. The number of amides is 1. The molecule has 0 spiro atoms. The number of carbonyl (C=O) groups excluding carboxylic acids is 1. The van der Waals surface area contributed by atoms with Gasteiger partial charge in [0.25, 0.3) is 0 Å². The van der Waals surface area contributed by atoms with Crippen LogP contribution in [-0.2, 0) is 11.3 Å². The molecule has 0 saturated heterocycles. The summed E-state index contributed by atoms with van der Waals surface area (Å²) in [6, 6.07) is 6.07. The van der Waals surface area contributed by atoms with Gasteiger partial charge in [-0.15, -0.1) is 0 Å². The Kier molecular flexibility index (Phi) is 7.85. The molecule has 0 aromatic carbocycles. The molecule has 1 aromatic rings. The number of pyridine rings is 1. The van der Waals surface area contributed by atoms with Gasteiger partial charge in [-0.05, 0) is 12.8 Å². The minimum absolute atomic E-state index is 0.198. The maximum atomic E-state index is 11.5. The average molecular weight is 249 g/mol. The second kappa shape index (κ2) is 9.63. The molecule has 0 aliphatic carbocycles. The van der Waals surface area contributed by atoms with Gasteiger partial charge >= 0.3 is 0 Å². The fraction of sp³-hybridized carbons (Fsp3) is 0.600. The van der Waals surface area contributed by atoms with Crippen molar-refractivity contribution in [1.29, 1.82) is 0 Å². The molecule has 0 atom stereocenters. The van der Waals surface area contributed by atoms with Crippen LogP contribution >= 0.6 is 0 Å². The lowest BCUT2D eigenvalue weighted by Gasteiger charge is -2.03. The third-order valence-electron chi connectivity index (χ3n) is 2.95. The van der Waals surface area contributed by atoms with Crippen LogP contribution in [0.1, 0.15) is 45.4 Å². The van der Waals surface area contributed by atoms with E-state index in [1.165, 1.54) is 12.8 Å². The van der Waals surface area contributed by atoms with Crippen LogP contribution < -0.4 is 9.88 Å². The van der Waals surface area contributed by atoms with Gasteiger partial charge in [-0.1, -0.05) is 25.8 Å². The topological polar surface area (TPSA) is 33.0 Å². The first-order valence-electron chi connectivity index (χ1n) is 7.03. The number of hydrogen-bond donors (Lipinski definition) is 1. The molecule has 18 heavy (non-hydrogen) atoms. The largest absolute Gasteiger partial charge is 0.356 e. The molecule has 1 rings (SSSR count). The quantitative estimate of drug-likeness (QED) is 0.529. The van der Waals surface area contributed by atoms with Crippen LogP contribution in [0.3, 0.4) is 0 Å². The van der Waals surface area contributed by atoms with Crippen LogP contribution in [0.25, 0.3) is 0 Å². The molecule has 3 nitrogen and oxygen atoms in total. The highest BCUT2D eigenvalue weighted by Gasteiger charge is 2.02. The minimum atomic E-state index is 0.198. The van der Waals surface area contributed by atoms with E-state index in [0.29, 0.717) is 6.42 Å². The molecular formula is C15H25N2O+. The van der Waals surface area contributed by atoms with E-state index < -0.39 is 0 Å². The van der Waals surface area contributed by atoms with E-state index in [4.69, 9.17) is 0 Å². The van der Waals surface area contributed by atoms with Crippen molar-refractivity contribution in [2.75, 3.05) is 6.54 Å². The molecular weight excluding hydrogens is 224 g/mol. The molecule has 0 bridgehead atoms. The Morgan fingerprint density at radius 1 is 1.06 bits per heavy atom. The van der Waals surface area contributed by atoms with Crippen molar-refractivity contribution in [3.05, 3.63) is 30.6 Å². The maximum Gasteiger partial charge on any atom is 0.219 e. The van der Waals surface area contributed by atoms with Gasteiger partial charge in [-0.2, -0.15) is 0 Å². The van der Waals surface area contributed by atoms with E-state index in [1.807, 2.05) is 18.2 Å². The normalized spacial score (nSPS) is 10.3. The zero-order chi connectivity index (χ0) is 13.1. The number of nitrogens with zero attached hydrogens (tertiary/aromatic N) is 1. The van der Waals surface area contributed by atoms with Crippen LogP contribution in [0.4, 0.5) is 0 Å². The van der Waals surface area contributed by atoms with Crippen LogP contribution in [0, 0.1) is 0 Å². The van der Waals surface area contributed by atoms with Crippen molar-refractivity contribution in [2.45, 2.75) is 52.0 Å². The summed E-state index contributed by atoms with van der Waals surface area (Å²) >= 11 is 0. The number of nitrogens with one attached hydrogen (secondary N) is 1. The Morgan fingerprint density at radius 2 is 1.83 bits per heavy atom. The fourth-order valence-electron chi connectivity index (χ4n) is 1.85. The van der Waals surface area contributed by atoms with Gasteiger partial charge in [0.15, 0.2) is 12.4 Å². The summed E-state index contributed by atoms with van der Waals surface area (Å²) in [6.07, 6.45) is 10.3. The number of aryl methyl sites for hydroxylation is 1. The Balaban J connectivity index is 1.99. The predicted octanol–water partition coefficient (Wildman–Crippen LogP) is 2.45. The lowest BCUT2D eigenvalue weighted by atomic mass is 10.2. The van der Waals surface area contributed by atoms with Crippen molar-refractivity contribution in [3.63, 3.8) is 0 Å². The molecule has 100 valence electrons. The maximum absolute atomic E-state index is 11.5. The van der Waals surface area contributed by atoms with E-state index in [9.17, 15) is 4.79 Å². The zero-order valence-corrected chi connectivity index (χ0v) is 11.4. The highest BCUT2D eigenvalue weighted by molar-refractivity contribution is 5.75. The summed E-state index contributed by atoms with van der Waals surface area (Å²) in [7, 11) is 0. The minimum Gasteiger partial charge on any atom is -0.356 e. The van der Waals surface area contributed by atoms with E-state index in [2.05, 4.69) is 29.2 Å². The van der Waals surface area contributed by atoms with E-state index >= 15 is 0 Å². The second-order valence-corrected chi connectivity index (χ2v) is 4.63. The molecule has 0 unspecified atom stereocenters. The lowest BCUT2D eigenvalue weighted by molar-refractivity contribution is -0.697. The third kappa shape index (κ3) is 7.05. The number of carbonyl (C=O) groups is 1. The molecule has 0 aliphatic heterocycles. The van der Waals surface area contributed by atoms with E-state index in [1.54, 1.807) is 0 Å². The summed E-state index contributed by atoms with van der Waals surface area (Å²) in [5.41, 5.74) is 0. The van der Waals surface area contributed by atoms with Gasteiger partial charge < -0.3 is 5.32 Å². The summed E-state index contributed by atoms with van der Waals surface area (Å²) in [4.78, 5) is 11.5. The van der Waals surface area contributed by atoms with Gasteiger partial charge in [-0.25, -0.2) is 4.57 Å². The highest BCUT2D eigenvalue weighted by Crippen LogP contribution is 1.96. The first kappa shape index (κ1) is 14.7. The smallest absolute Gasteiger partial charge is 0.219 e. The van der Waals surface area contributed by atoms with Crippen molar-refractivity contribution in [2.24, 2.45) is 0 Å². The summed E-state index contributed by atoms with van der Waals surface area (Å²) < 4.78 is 2.15. The van der Waals surface area contributed by atoms with Crippen LogP contribution in [-0.4, -0.2) is 12.5 Å². The van der Waals surface area contributed by atoms with Gasteiger partial charge in [0.2, 0.25) is 5.91 Å². The molecule has 0 saturated carbocycles. The zero-order valence-electron chi connectivity index (χ0n) is 11.4. The first-order chi connectivity index (χ1) is 8.83. The highest BCUT2D eigenvalue weighted by atomic mass is 16.1. The Morgan fingerprint density at radius 3 is 2.56 bits per heavy atom. The molecule has 0 fully saturated rings. The van der Waals surface area contributed by atoms with E-state index in [0.717, 1.165) is 32.4 Å². The molecule has 1 heterocycles. The van der Waals surface area contributed by atoms with E-state index in [-0.39, 0.29) is 5.91 Å². The standard InChI is InChI=1S/C15H24N2O/c1-2-3-6-11-16-15(18)10-5-9-14-17-12-7-4-8-13-17/h4,7-8,12-13H,2-3,5-6,9-11,14H2,1H3/p+1. The Labute approximate surface area is 110 Å². The Bertz CT molecular complexity index is 325. The monoisotopic (exact) mass is 249 g/mol. The summed E-state index contributed by atoms with van der Waals surface area (Å²) in [6.45, 7) is 3.99. The molecule has 0 aliphatic rings. The van der Waals surface area contributed by atoms with Gasteiger partial charge in [0.1, 0.15) is 6.54 Å². The summed E-state index contributed by atoms with van der Waals surface area (Å²) in [5.74, 6) is 0.198. The predicted molar refractivity (Wildman–Crippen MR) is 73.0 cm³/mol. The number of unbranched alkanes of at least 4 members (excludes halogenated alkanes) is 3. The van der Waals surface area contributed by atoms with Crippen molar-refractivity contribution in [3.8, 4) is 0 Å². The molecule has 1 N–H and O–H groups in total. The first-order valence-corrected chi connectivity index (χ1v) is 7.03. The molecule has 1 aromatic heterocycles. The molecule has 1 amide bonds. The second-order valence-electron chi connectivity index (χ2n) is 4.63. The van der Waals surface area contributed by atoms with Crippen molar-refractivity contribution >= 4 is 5.91 Å². The van der Waals surface area contributed by atoms with Crippen molar-refractivity contribution < 1.29 is 9.36 Å². The van der Waals surface area contributed by atoms with Gasteiger partial charge in [0.05, 0.1) is 0 Å². The van der Waals surface area contributed by atoms with Gasteiger partial charge in [-0.3, -0.25) is 4.79 Å². The fourth-order valence-corrected chi connectivity index (χ4v) is 1.85. The molecule has 0 radical (unpaired) electrons.